The molecule has 1 saturated carbocycles. The number of hydrogen-bond donors (Lipinski definition) is 1. The summed E-state index contributed by atoms with van der Waals surface area (Å²) < 4.78 is 11.1. The first kappa shape index (κ1) is 14.7. The maximum absolute atomic E-state index is 5.56. The van der Waals surface area contributed by atoms with Crippen molar-refractivity contribution in [2.75, 3.05) is 20.8 Å². The molecule has 0 bridgehead atoms. The summed E-state index contributed by atoms with van der Waals surface area (Å²) in [5.74, 6) is 1.72. The van der Waals surface area contributed by atoms with Crippen LogP contribution in [-0.4, -0.2) is 20.8 Å². The van der Waals surface area contributed by atoms with Crippen molar-refractivity contribution in [3.63, 3.8) is 0 Å². The molecule has 116 valence electrons. The van der Waals surface area contributed by atoms with Crippen molar-refractivity contribution in [1.82, 2.24) is 5.32 Å². The SMILES string of the molecule is CCC1NCC2(CCCCC2)c2cc(OC)c(OC)cc21. The molecule has 0 radical (unpaired) electrons. The first-order valence-corrected chi connectivity index (χ1v) is 8.24. The molecule has 21 heavy (non-hydrogen) atoms. The van der Waals surface area contributed by atoms with E-state index in [9.17, 15) is 0 Å². The van der Waals surface area contributed by atoms with Crippen LogP contribution in [0.3, 0.4) is 0 Å². The van der Waals surface area contributed by atoms with Gasteiger partial charge in [-0.2, -0.15) is 0 Å². The van der Waals surface area contributed by atoms with E-state index in [2.05, 4.69) is 24.4 Å². The second kappa shape index (κ2) is 5.88. The molecule has 3 rings (SSSR count). The Bertz CT molecular complexity index is 506. The topological polar surface area (TPSA) is 30.5 Å². The van der Waals surface area contributed by atoms with Crippen LogP contribution in [0.1, 0.15) is 62.6 Å². The van der Waals surface area contributed by atoms with Gasteiger partial charge in [0, 0.05) is 18.0 Å². The molecule has 1 heterocycles. The van der Waals surface area contributed by atoms with Gasteiger partial charge >= 0.3 is 0 Å². The Hall–Kier alpha value is -1.22. The second-order valence-corrected chi connectivity index (χ2v) is 6.48. The Labute approximate surface area is 128 Å². The van der Waals surface area contributed by atoms with Gasteiger partial charge in [0.2, 0.25) is 0 Å². The molecule has 0 saturated heterocycles. The van der Waals surface area contributed by atoms with E-state index in [1.807, 2.05) is 0 Å². The van der Waals surface area contributed by atoms with E-state index in [-0.39, 0.29) is 0 Å². The summed E-state index contributed by atoms with van der Waals surface area (Å²) in [5, 5.41) is 3.78. The maximum atomic E-state index is 5.56. The molecule has 1 aliphatic carbocycles. The van der Waals surface area contributed by atoms with Crippen LogP contribution in [0, 0.1) is 0 Å². The van der Waals surface area contributed by atoms with Gasteiger partial charge in [0.15, 0.2) is 11.5 Å². The lowest BCUT2D eigenvalue weighted by Gasteiger charge is -2.45. The number of rotatable bonds is 3. The van der Waals surface area contributed by atoms with E-state index >= 15 is 0 Å². The molecule has 0 amide bonds. The summed E-state index contributed by atoms with van der Waals surface area (Å²) in [6.07, 6.45) is 7.75. The maximum Gasteiger partial charge on any atom is 0.161 e. The Balaban J connectivity index is 2.12. The van der Waals surface area contributed by atoms with Gasteiger partial charge in [0.25, 0.3) is 0 Å². The lowest BCUT2D eigenvalue weighted by molar-refractivity contribution is 0.244. The Morgan fingerprint density at radius 3 is 2.38 bits per heavy atom. The minimum atomic E-state index is 0.304. The van der Waals surface area contributed by atoms with Crippen molar-refractivity contribution in [3.8, 4) is 11.5 Å². The van der Waals surface area contributed by atoms with E-state index in [1.54, 1.807) is 14.2 Å². The smallest absolute Gasteiger partial charge is 0.161 e. The van der Waals surface area contributed by atoms with Crippen molar-refractivity contribution in [2.24, 2.45) is 0 Å². The molecule has 1 aromatic rings. The van der Waals surface area contributed by atoms with Gasteiger partial charge in [0.1, 0.15) is 0 Å². The van der Waals surface area contributed by atoms with Gasteiger partial charge in [-0.05, 0) is 42.5 Å². The molecule has 3 nitrogen and oxygen atoms in total. The minimum absolute atomic E-state index is 0.304. The molecule has 1 spiro atoms. The van der Waals surface area contributed by atoms with Gasteiger partial charge in [-0.1, -0.05) is 26.2 Å². The zero-order valence-electron chi connectivity index (χ0n) is 13.5. The van der Waals surface area contributed by atoms with Crippen LogP contribution in [-0.2, 0) is 5.41 Å². The molecule has 2 aliphatic rings. The largest absolute Gasteiger partial charge is 0.493 e. The monoisotopic (exact) mass is 289 g/mol. The average molecular weight is 289 g/mol. The number of benzene rings is 1. The Kier molecular flexibility index (Phi) is 4.12. The summed E-state index contributed by atoms with van der Waals surface area (Å²) in [4.78, 5) is 0. The highest BCUT2D eigenvalue weighted by atomic mass is 16.5. The molecule has 0 aromatic heterocycles. The molecule has 1 N–H and O–H groups in total. The van der Waals surface area contributed by atoms with Crippen LogP contribution in [0.25, 0.3) is 0 Å². The molecular weight excluding hydrogens is 262 g/mol. The number of fused-ring (bicyclic) bond motifs is 2. The summed E-state index contributed by atoms with van der Waals surface area (Å²) in [6, 6.07) is 4.89. The number of nitrogens with one attached hydrogen (secondary N) is 1. The zero-order chi connectivity index (χ0) is 14.9. The average Bonchev–Trinajstić information content (AvgIpc) is 2.55. The fourth-order valence-corrected chi connectivity index (χ4v) is 4.20. The third kappa shape index (κ3) is 2.42. The predicted octanol–water partition coefficient (Wildman–Crippen LogP) is 3.96. The van der Waals surface area contributed by atoms with E-state index in [0.29, 0.717) is 11.5 Å². The third-order valence-electron chi connectivity index (χ3n) is 5.41. The van der Waals surface area contributed by atoms with E-state index in [1.165, 1.54) is 43.2 Å². The lowest BCUT2D eigenvalue weighted by Crippen LogP contribution is -2.46. The molecule has 1 aromatic carbocycles. The molecule has 1 fully saturated rings. The zero-order valence-corrected chi connectivity index (χ0v) is 13.5. The molecule has 3 heteroatoms. The number of ether oxygens (including phenoxy) is 2. The highest BCUT2D eigenvalue weighted by Crippen LogP contribution is 2.48. The van der Waals surface area contributed by atoms with E-state index in [0.717, 1.165) is 24.5 Å². The summed E-state index contributed by atoms with van der Waals surface area (Å²) in [7, 11) is 3.45. The van der Waals surface area contributed by atoms with Gasteiger partial charge < -0.3 is 14.8 Å². The summed E-state index contributed by atoms with van der Waals surface area (Å²) in [6.45, 7) is 3.35. The second-order valence-electron chi connectivity index (χ2n) is 6.48. The lowest BCUT2D eigenvalue weighted by atomic mass is 9.65. The Morgan fingerprint density at radius 1 is 1.10 bits per heavy atom. The first-order chi connectivity index (χ1) is 10.2. The predicted molar refractivity (Wildman–Crippen MR) is 85.3 cm³/mol. The molecular formula is C18H27NO2. The molecule has 1 aliphatic heterocycles. The van der Waals surface area contributed by atoms with Crippen molar-refractivity contribution in [1.29, 1.82) is 0 Å². The van der Waals surface area contributed by atoms with Crippen LogP contribution in [0.4, 0.5) is 0 Å². The fraction of sp³-hybridized carbons (Fsp3) is 0.667. The van der Waals surface area contributed by atoms with Gasteiger partial charge in [0.05, 0.1) is 14.2 Å². The normalized spacial score (nSPS) is 23.7. The van der Waals surface area contributed by atoms with Crippen LogP contribution >= 0.6 is 0 Å². The van der Waals surface area contributed by atoms with Crippen molar-refractivity contribution < 1.29 is 9.47 Å². The van der Waals surface area contributed by atoms with Crippen LogP contribution in [0.15, 0.2) is 12.1 Å². The van der Waals surface area contributed by atoms with Crippen molar-refractivity contribution >= 4 is 0 Å². The van der Waals surface area contributed by atoms with Gasteiger partial charge in [-0.15, -0.1) is 0 Å². The highest BCUT2D eigenvalue weighted by Gasteiger charge is 2.40. The standard InChI is InChI=1S/C18H27NO2/c1-4-15-13-10-16(20-2)17(21-3)11-14(13)18(12-19-15)8-6-5-7-9-18/h10-11,15,19H,4-9,12H2,1-3H3. The highest BCUT2D eigenvalue weighted by molar-refractivity contribution is 5.52. The van der Waals surface area contributed by atoms with Crippen LogP contribution in [0.5, 0.6) is 11.5 Å². The number of hydrogen-bond acceptors (Lipinski definition) is 3. The van der Waals surface area contributed by atoms with E-state index in [4.69, 9.17) is 9.47 Å². The Morgan fingerprint density at radius 2 is 1.76 bits per heavy atom. The quantitative estimate of drug-likeness (QED) is 0.913. The molecule has 1 atom stereocenters. The third-order valence-corrected chi connectivity index (χ3v) is 5.41. The minimum Gasteiger partial charge on any atom is -0.493 e. The van der Waals surface area contributed by atoms with Crippen molar-refractivity contribution in [2.45, 2.75) is 56.9 Å². The van der Waals surface area contributed by atoms with Crippen molar-refractivity contribution in [3.05, 3.63) is 23.3 Å². The molecule has 1 unspecified atom stereocenters. The summed E-state index contributed by atoms with van der Waals surface area (Å²) in [5.41, 5.74) is 3.23. The van der Waals surface area contributed by atoms with E-state index < -0.39 is 0 Å². The van der Waals surface area contributed by atoms with Crippen LogP contribution < -0.4 is 14.8 Å². The van der Waals surface area contributed by atoms with Gasteiger partial charge in [-0.3, -0.25) is 0 Å². The van der Waals surface area contributed by atoms with Crippen LogP contribution in [0.2, 0.25) is 0 Å². The summed E-state index contributed by atoms with van der Waals surface area (Å²) >= 11 is 0. The number of methoxy groups -OCH3 is 2. The van der Waals surface area contributed by atoms with Gasteiger partial charge in [-0.25, -0.2) is 0 Å². The first-order valence-electron chi connectivity index (χ1n) is 8.24. The fourth-order valence-electron chi connectivity index (χ4n) is 4.20.